The van der Waals surface area contributed by atoms with E-state index in [1.807, 2.05) is 18.2 Å². The second kappa shape index (κ2) is 5.36. The number of thiocarbonyl (C=S) groups is 1. The molecule has 2 heterocycles. The Kier molecular flexibility index (Phi) is 3.62. The molecule has 2 aromatic rings. The first kappa shape index (κ1) is 11.5. The zero-order valence-electron chi connectivity index (χ0n) is 9.13. The molecule has 0 amide bonds. The fourth-order valence-corrected chi connectivity index (χ4v) is 1.50. The van der Waals surface area contributed by atoms with Gasteiger partial charge in [-0.1, -0.05) is 12.2 Å². The number of nitrogens with one attached hydrogen (secondary N) is 1. The first-order valence-corrected chi connectivity index (χ1v) is 5.55. The van der Waals surface area contributed by atoms with Gasteiger partial charge in [-0.25, -0.2) is 4.98 Å². The Balaban J connectivity index is 2.04. The van der Waals surface area contributed by atoms with Crippen LogP contribution in [0.3, 0.4) is 0 Å². The average Bonchev–Trinajstić information content (AvgIpc) is 2.38. The highest BCUT2D eigenvalue weighted by atomic mass is 32.1. The van der Waals surface area contributed by atoms with Crippen LogP contribution < -0.4 is 11.1 Å². The molecule has 0 aromatic carbocycles. The summed E-state index contributed by atoms with van der Waals surface area (Å²) in [5.41, 5.74) is 7.51. The molecule has 0 bridgehead atoms. The van der Waals surface area contributed by atoms with Gasteiger partial charge < -0.3 is 11.1 Å². The fraction of sp³-hybridized carbons (Fsp3) is 0.0833. The first-order valence-electron chi connectivity index (χ1n) is 5.14. The van der Waals surface area contributed by atoms with Crippen molar-refractivity contribution in [2.75, 3.05) is 5.32 Å². The Morgan fingerprint density at radius 2 is 2.00 bits per heavy atom. The van der Waals surface area contributed by atoms with Crippen LogP contribution in [-0.4, -0.2) is 15.0 Å². The van der Waals surface area contributed by atoms with E-state index < -0.39 is 0 Å². The molecule has 0 unspecified atom stereocenters. The third kappa shape index (κ3) is 3.22. The fourth-order valence-electron chi connectivity index (χ4n) is 1.37. The summed E-state index contributed by atoms with van der Waals surface area (Å²) in [4.78, 5) is 8.53. The van der Waals surface area contributed by atoms with Crippen molar-refractivity contribution in [1.29, 1.82) is 0 Å². The summed E-state index contributed by atoms with van der Waals surface area (Å²) >= 11 is 4.91. The Bertz CT molecular complexity index is 513. The molecule has 0 aliphatic rings. The van der Waals surface area contributed by atoms with Gasteiger partial charge in [0.15, 0.2) is 0 Å². The van der Waals surface area contributed by atoms with Crippen LogP contribution in [0.5, 0.6) is 0 Å². The van der Waals surface area contributed by atoms with Gasteiger partial charge >= 0.3 is 0 Å². The molecule has 3 N–H and O–H groups in total. The molecule has 5 heteroatoms. The molecule has 2 rings (SSSR count). The molecule has 0 saturated carbocycles. The summed E-state index contributed by atoms with van der Waals surface area (Å²) in [7, 11) is 0. The number of aromatic nitrogens is 2. The van der Waals surface area contributed by atoms with Crippen LogP contribution in [0.15, 0.2) is 42.9 Å². The van der Waals surface area contributed by atoms with Crippen LogP contribution in [0.1, 0.15) is 11.1 Å². The Labute approximate surface area is 105 Å². The zero-order chi connectivity index (χ0) is 12.1. The lowest BCUT2D eigenvalue weighted by Crippen LogP contribution is -2.10. The highest BCUT2D eigenvalue weighted by Gasteiger charge is 1.99. The van der Waals surface area contributed by atoms with Gasteiger partial charge in [-0.2, -0.15) is 0 Å². The van der Waals surface area contributed by atoms with Gasteiger partial charge in [0.2, 0.25) is 0 Å². The minimum absolute atomic E-state index is 0.374. The predicted molar refractivity (Wildman–Crippen MR) is 71.7 cm³/mol. The van der Waals surface area contributed by atoms with Crippen molar-refractivity contribution in [2.45, 2.75) is 6.54 Å². The topological polar surface area (TPSA) is 63.8 Å². The SMILES string of the molecule is NC(=S)c1ccnc(NCc2ccncc2)c1. The minimum atomic E-state index is 0.374. The number of nitrogens with zero attached hydrogens (tertiary/aromatic N) is 2. The predicted octanol–water partition coefficient (Wildman–Crippen LogP) is 1.72. The Morgan fingerprint density at radius 3 is 2.71 bits per heavy atom. The largest absolute Gasteiger partial charge is 0.389 e. The van der Waals surface area contributed by atoms with E-state index in [0.29, 0.717) is 11.5 Å². The molecule has 0 fully saturated rings. The second-order valence-electron chi connectivity index (χ2n) is 3.50. The molecule has 17 heavy (non-hydrogen) atoms. The van der Waals surface area contributed by atoms with Crippen molar-refractivity contribution >= 4 is 23.0 Å². The smallest absolute Gasteiger partial charge is 0.126 e. The van der Waals surface area contributed by atoms with Crippen LogP contribution >= 0.6 is 12.2 Å². The van der Waals surface area contributed by atoms with Gasteiger partial charge in [0, 0.05) is 30.7 Å². The first-order chi connectivity index (χ1) is 8.25. The normalized spacial score (nSPS) is 9.88. The highest BCUT2D eigenvalue weighted by Crippen LogP contribution is 2.08. The number of hydrogen-bond donors (Lipinski definition) is 2. The third-order valence-corrected chi connectivity index (χ3v) is 2.50. The lowest BCUT2D eigenvalue weighted by molar-refractivity contribution is 1.10. The van der Waals surface area contributed by atoms with Gasteiger partial charge in [-0.15, -0.1) is 0 Å². The van der Waals surface area contributed by atoms with Crippen molar-refractivity contribution in [3.63, 3.8) is 0 Å². The molecule has 0 saturated heterocycles. The molecule has 86 valence electrons. The van der Waals surface area contributed by atoms with E-state index in [1.165, 1.54) is 0 Å². The maximum Gasteiger partial charge on any atom is 0.126 e. The van der Waals surface area contributed by atoms with Gasteiger partial charge in [0.1, 0.15) is 10.8 Å². The van der Waals surface area contributed by atoms with Crippen molar-refractivity contribution in [3.05, 3.63) is 54.0 Å². The van der Waals surface area contributed by atoms with Crippen molar-refractivity contribution in [3.8, 4) is 0 Å². The average molecular weight is 244 g/mol. The number of anilines is 1. The van der Waals surface area contributed by atoms with E-state index >= 15 is 0 Å². The molecule has 0 aliphatic heterocycles. The zero-order valence-corrected chi connectivity index (χ0v) is 9.95. The summed E-state index contributed by atoms with van der Waals surface area (Å²) in [6, 6.07) is 7.53. The van der Waals surface area contributed by atoms with Crippen LogP contribution in [-0.2, 0) is 6.54 Å². The lowest BCUT2D eigenvalue weighted by atomic mass is 10.2. The van der Waals surface area contributed by atoms with E-state index in [2.05, 4.69) is 15.3 Å². The van der Waals surface area contributed by atoms with Crippen LogP contribution in [0.25, 0.3) is 0 Å². The molecule has 0 aliphatic carbocycles. The van der Waals surface area contributed by atoms with Crippen molar-refractivity contribution in [2.24, 2.45) is 5.73 Å². The Hall–Kier alpha value is -2.01. The molecule has 2 aromatic heterocycles. The van der Waals surface area contributed by atoms with E-state index in [-0.39, 0.29) is 0 Å². The van der Waals surface area contributed by atoms with Gasteiger partial charge in [0.05, 0.1) is 0 Å². The standard InChI is InChI=1S/C12H12N4S/c13-12(17)10-3-6-15-11(7-10)16-8-9-1-4-14-5-2-9/h1-7H,8H2,(H2,13,17)(H,15,16). The molecule has 0 radical (unpaired) electrons. The van der Waals surface area contributed by atoms with E-state index in [9.17, 15) is 0 Å². The van der Waals surface area contributed by atoms with Gasteiger partial charge in [0.25, 0.3) is 0 Å². The van der Waals surface area contributed by atoms with Crippen molar-refractivity contribution < 1.29 is 0 Å². The maximum atomic E-state index is 5.56. The number of nitrogens with two attached hydrogens (primary N) is 1. The van der Waals surface area contributed by atoms with E-state index in [4.69, 9.17) is 18.0 Å². The monoisotopic (exact) mass is 244 g/mol. The minimum Gasteiger partial charge on any atom is -0.389 e. The number of hydrogen-bond acceptors (Lipinski definition) is 4. The summed E-state index contributed by atoms with van der Waals surface area (Å²) in [5.74, 6) is 0.757. The lowest BCUT2D eigenvalue weighted by Gasteiger charge is -2.06. The second-order valence-corrected chi connectivity index (χ2v) is 3.94. The maximum absolute atomic E-state index is 5.56. The van der Waals surface area contributed by atoms with E-state index in [0.717, 1.165) is 16.9 Å². The van der Waals surface area contributed by atoms with Gasteiger partial charge in [-0.05, 0) is 29.8 Å². The quantitative estimate of drug-likeness (QED) is 0.802. The van der Waals surface area contributed by atoms with Crippen LogP contribution in [0.4, 0.5) is 5.82 Å². The molecule has 4 nitrogen and oxygen atoms in total. The third-order valence-electron chi connectivity index (χ3n) is 2.27. The molecular weight excluding hydrogens is 232 g/mol. The highest BCUT2D eigenvalue weighted by molar-refractivity contribution is 7.80. The van der Waals surface area contributed by atoms with Crippen molar-refractivity contribution in [1.82, 2.24) is 9.97 Å². The summed E-state index contributed by atoms with van der Waals surface area (Å²) in [6.07, 6.45) is 5.20. The van der Waals surface area contributed by atoms with E-state index in [1.54, 1.807) is 24.7 Å². The molecule has 0 atom stereocenters. The van der Waals surface area contributed by atoms with Crippen LogP contribution in [0.2, 0.25) is 0 Å². The Morgan fingerprint density at radius 1 is 1.24 bits per heavy atom. The number of pyridine rings is 2. The summed E-state index contributed by atoms with van der Waals surface area (Å²) < 4.78 is 0. The summed E-state index contributed by atoms with van der Waals surface area (Å²) in [6.45, 7) is 0.691. The number of rotatable bonds is 4. The molecular formula is C12H12N4S. The van der Waals surface area contributed by atoms with Crippen LogP contribution in [0, 0.1) is 0 Å². The molecule has 0 spiro atoms. The van der Waals surface area contributed by atoms with Gasteiger partial charge in [-0.3, -0.25) is 4.98 Å². The summed E-state index contributed by atoms with van der Waals surface area (Å²) in [5, 5.41) is 3.20.